The van der Waals surface area contributed by atoms with Crippen LogP contribution in [0.4, 0.5) is 5.82 Å². The third-order valence-corrected chi connectivity index (χ3v) is 3.16. The summed E-state index contributed by atoms with van der Waals surface area (Å²) in [4.78, 5) is 20.6. The number of nitrogen functional groups attached to an aromatic ring is 1. The lowest BCUT2D eigenvalue weighted by Gasteiger charge is -2.05. The Morgan fingerprint density at radius 3 is 2.95 bits per heavy atom. The molecule has 0 aliphatic rings. The molecule has 7 nitrogen and oxygen atoms in total. The second-order valence-electron chi connectivity index (χ2n) is 4.85. The number of rotatable bonds is 4. The number of hydrogen-bond donors (Lipinski definition) is 2. The maximum absolute atomic E-state index is 12.0. The van der Waals surface area contributed by atoms with Gasteiger partial charge in [0.15, 0.2) is 5.65 Å². The predicted octanol–water partition coefficient (Wildman–Crippen LogP) is 1.51. The molecular formula is C15H16N6O. The predicted molar refractivity (Wildman–Crippen MR) is 83.3 cm³/mol. The van der Waals surface area contributed by atoms with E-state index in [1.165, 1.54) is 4.52 Å². The highest BCUT2D eigenvalue weighted by Gasteiger charge is 2.13. The fraction of sp³-hybridized carbons (Fsp3) is 0.200. The van der Waals surface area contributed by atoms with Gasteiger partial charge in [0, 0.05) is 18.3 Å². The van der Waals surface area contributed by atoms with Crippen LogP contribution >= 0.6 is 0 Å². The molecule has 0 saturated heterocycles. The molecule has 3 rings (SSSR count). The molecule has 0 saturated carbocycles. The summed E-state index contributed by atoms with van der Waals surface area (Å²) >= 11 is 0. The van der Waals surface area contributed by atoms with Crippen LogP contribution in [0.2, 0.25) is 0 Å². The van der Waals surface area contributed by atoms with Crippen LogP contribution in [0.5, 0.6) is 0 Å². The Labute approximate surface area is 127 Å². The molecule has 1 amide bonds. The molecule has 3 heterocycles. The average Bonchev–Trinajstić information content (AvgIpc) is 2.98. The number of pyridine rings is 2. The Hall–Kier alpha value is -2.96. The van der Waals surface area contributed by atoms with Crippen LogP contribution < -0.4 is 11.1 Å². The zero-order valence-corrected chi connectivity index (χ0v) is 12.2. The van der Waals surface area contributed by atoms with E-state index in [2.05, 4.69) is 20.4 Å². The van der Waals surface area contributed by atoms with Crippen molar-refractivity contribution < 1.29 is 4.79 Å². The van der Waals surface area contributed by atoms with Gasteiger partial charge in [-0.2, -0.15) is 4.52 Å². The topological polar surface area (TPSA) is 98.2 Å². The monoisotopic (exact) mass is 296 g/mol. The number of anilines is 1. The Kier molecular flexibility index (Phi) is 3.69. The molecule has 0 unspecified atom stereocenters. The third-order valence-electron chi connectivity index (χ3n) is 3.16. The Balaban J connectivity index is 2.02. The molecule has 0 bridgehead atoms. The number of nitrogens with zero attached hydrogens (tertiary/aromatic N) is 4. The number of nitrogens with two attached hydrogens (primary N) is 1. The van der Waals surface area contributed by atoms with Crippen LogP contribution in [0, 0.1) is 0 Å². The highest BCUT2D eigenvalue weighted by molar-refractivity contribution is 5.95. The van der Waals surface area contributed by atoms with Crippen molar-refractivity contribution >= 4 is 17.4 Å². The van der Waals surface area contributed by atoms with E-state index >= 15 is 0 Å². The van der Waals surface area contributed by atoms with Gasteiger partial charge in [0.25, 0.3) is 5.91 Å². The minimum absolute atomic E-state index is 0.168. The lowest BCUT2D eigenvalue weighted by molar-refractivity contribution is 0.0953. The van der Waals surface area contributed by atoms with Gasteiger partial charge in [-0.1, -0.05) is 13.0 Å². The van der Waals surface area contributed by atoms with E-state index in [1.807, 2.05) is 25.1 Å². The number of carbonyl (C=O) groups excluding carboxylic acids is 1. The van der Waals surface area contributed by atoms with Crippen molar-refractivity contribution in [2.75, 3.05) is 12.3 Å². The number of fused-ring (bicyclic) bond motifs is 1. The molecule has 0 fully saturated rings. The van der Waals surface area contributed by atoms with Gasteiger partial charge in [0.2, 0.25) is 5.82 Å². The van der Waals surface area contributed by atoms with Crippen molar-refractivity contribution in [3.05, 3.63) is 42.1 Å². The van der Waals surface area contributed by atoms with E-state index in [9.17, 15) is 4.79 Å². The van der Waals surface area contributed by atoms with E-state index in [0.29, 0.717) is 35.1 Å². The number of nitrogens with one attached hydrogen (secondary N) is 1. The molecule has 0 aromatic carbocycles. The van der Waals surface area contributed by atoms with Crippen molar-refractivity contribution in [3.63, 3.8) is 0 Å². The Morgan fingerprint density at radius 2 is 2.23 bits per heavy atom. The van der Waals surface area contributed by atoms with E-state index < -0.39 is 0 Å². The van der Waals surface area contributed by atoms with E-state index in [1.54, 1.807) is 18.3 Å². The lowest BCUT2D eigenvalue weighted by Crippen LogP contribution is -2.24. The minimum Gasteiger partial charge on any atom is -0.384 e. The van der Waals surface area contributed by atoms with Crippen molar-refractivity contribution in [3.8, 4) is 11.5 Å². The summed E-state index contributed by atoms with van der Waals surface area (Å²) in [5.41, 5.74) is 7.62. The van der Waals surface area contributed by atoms with E-state index in [4.69, 9.17) is 5.73 Å². The molecule has 0 atom stereocenters. The van der Waals surface area contributed by atoms with Gasteiger partial charge >= 0.3 is 0 Å². The first kappa shape index (κ1) is 14.0. The first-order valence-corrected chi connectivity index (χ1v) is 7.05. The highest BCUT2D eigenvalue weighted by atomic mass is 16.1. The Morgan fingerprint density at radius 1 is 1.36 bits per heavy atom. The van der Waals surface area contributed by atoms with Gasteiger partial charge in [-0.25, -0.2) is 4.98 Å². The smallest absolute Gasteiger partial charge is 0.251 e. The lowest BCUT2D eigenvalue weighted by atomic mass is 10.2. The molecule has 3 aromatic heterocycles. The fourth-order valence-corrected chi connectivity index (χ4v) is 2.08. The zero-order valence-electron chi connectivity index (χ0n) is 12.2. The molecule has 0 aliphatic heterocycles. The van der Waals surface area contributed by atoms with Crippen LogP contribution in [0.15, 0.2) is 36.5 Å². The maximum Gasteiger partial charge on any atom is 0.251 e. The Bertz CT molecular complexity index is 812. The average molecular weight is 296 g/mol. The van der Waals surface area contributed by atoms with E-state index in [-0.39, 0.29) is 5.91 Å². The minimum atomic E-state index is -0.168. The molecule has 0 aliphatic carbocycles. The van der Waals surface area contributed by atoms with Gasteiger partial charge in [-0.05, 0) is 30.7 Å². The highest BCUT2D eigenvalue weighted by Crippen LogP contribution is 2.17. The summed E-state index contributed by atoms with van der Waals surface area (Å²) in [5, 5.41) is 7.15. The summed E-state index contributed by atoms with van der Waals surface area (Å²) in [6.07, 6.45) is 2.55. The summed E-state index contributed by atoms with van der Waals surface area (Å²) in [5.74, 6) is 0.658. The molecule has 7 heteroatoms. The van der Waals surface area contributed by atoms with Gasteiger partial charge in [-0.15, -0.1) is 5.10 Å². The number of hydrogen-bond acceptors (Lipinski definition) is 5. The van der Waals surface area contributed by atoms with Crippen LogP contribution in [0.1, 0.15) is 23.7 Å². The summed E-state index contributed by atoms with van der Waals surface area (Å²) < 4.78 is 1.50. The zero-order chi connectivity index (χ0) is 15.5. The molecule has 22 heavy (non-hydrogen) atoms. The first-order valence-electron chi connectivity index (χ1n) is 7.05. The summed E-state index contributed by atoms with van der Waals surface area (Å²) in [6, 6.07) is 8.76. The number of aromatic nitrogens is 4. The van der Waals surface area contributed by atoms with Gasteiger partial charge in [0.05, 0.1) is 0 Å². The fourth-order valence-electron chi connectivity index (χ4n) is 2.08. The molecule has 3 N–H and O–H groups in total. The summed E-state index contributed by atoms with van der Waals surface area (Å²) in [7, 11) is 0. The number of carbonyl (C=O) groups is 1. The SMILES string of the molecule is CCCNC(=O)c1cc(N)n2nc(-c3ccccn3)nc2c1. The largest absolute Gasteiger partial charge is 0.384 e. The van der Waals surface area contributed by atoms with Crippen molar-refractivity contribution in [2.24, 2.45) is 0 Å². The summed E-state index contributed by atoms with van der Waals surface area (Å²) in [6.45, 7) is 2.62. The van der Waals surface area contributed by atoms with E-state index in [0.717, 1.165) is 6.42 Å². The van der Waals surface area contributed by atoms with Crippen molar-refractivity contribution in [2.45, 2.75) is 13.3 Å². The van der Waals surface area contributed by atoms with Gasteiger partial charge in [-0.3, -0.25) is 9.78 Å². The maximum atomic E-state index is 12.0. The standard InChI is InChI=1S/C15H16N6O/c1-2-6-18-15(22)10-8-12(16)21-13(9-10)19-14(20-21)11-5-3-4-7-17-11/h3-5,7-9H,2,6,16H2,1H3,(H,18,22). The van der Waals surface area contributed by atoms with Crippen LogP contribution in [-0.2, 0) is 0 Å². The van der Waals surface area contributed by atoms with Gasteiger partial charge in [0.1, 0.15) is 11.5 Å². The van der Waals surface area contributed by atoms with Crippen molar-refractivity contribution in [1.82, 2.24) is 24.9 Å². The molecule has 112 valence electrons. The second-order valence-corrected chi connectivity index (χ2v) is 4.85. The number of amides is 1. The molecule has 0 radical (unpaired) electrons. The molecule has 3 aromatic rings. The van der Waals surface area contributed by atoms with Gasteiger partial charge < -0.3 is 11.1 Å². The van der Waals surface area contributed by atoms with Crippen LogP contribution in [0.25, 0.3) is 17.2 Å². The van der Waals surface area contributed by atoms with Crippen LogP contribution in [0.3, 0.4) is 0 Å². The van der Waals surface area contributed by atoms with Crippen molar-refractivity contribution in [1.29, 1.82) is 0 Å². The first-order chi connectivity index (χ1) is 10.7. The second kappa shape index (κ2) is 5.80. The molecular weight excluding hydrogens is 280 g/mol. The van der Waals surface area contributed by atoms with Crippen LogP contribution in [-0.4, -0.2) is 32.0 Å². The quantitative estimate of drug-likeness (QED) is 0.760. The molecule has 0 spiro atoms. The third kappa shape index (κ3) is 2.60. The normalized spacial score (nSPS) is 10.8.